The summed E-state index contributed by atoms with van der Waals surface area (Å²) in [5.41, 5.74) is 5.86. The fourth-order valence-corrected chi connectivity index (χ4v) is 1.63. The number of rotatable bonds is 6. The molecule has 0 saturated carbocycles. The normalized spacial score (nSPS) is 16.2. The van der Waals surface area contributed by atoms with E-state index >= 15 is 0 Å². The molecule has 1 aromatic heterocycles. The lowest BCUT2D eigenvalue weighted by Crippen LogP contribution is -2.48. The first-order valence-corrected chi connectivity index (χ1v) is 6.13. The Morgan fingerprint density at radius 2 is 2.24 bits per heavy atom. The van der Waals surface area contributed by atoms with Gasteiger partial charge in [-0.3, -0.25) is 4.79 Å². The maximum absolute atomic E-state index is 11.8. The van der Waals surface area contributed by atoms with Gasteiger partial charge < -0.3 is 15.5 Å². The first kappa shape index (κ1) is 13.8. The van der Waals surface area contributed by atoms with Crippen molar-refractivity contribution in [3.05, 3.63) is 24.2 Å². The molecule has 0 aliphatic rings. The van der Waals surface area contributed by atoms with Crippen molar-refractivity contribution >= 4 is 5.91 Å². The summed E-state index contributed by atoms with van der Waals surface area (Å²) in [5.74, 6) is 0.985. The van der Waals surface area contributed by atoms with Crippen LogP contribution in [0.2, 0.25) is 0 Å². The minimum Gasteiger partial charge on any atom is -0.469 e. The van der Waals surface area contributed by atoms with E-state index in [4.69, 9.17) is 10.2 Å². The van der Waals surface area contributed by atoms with Crippen LogP contribution in [0.25, 0.3) is 0 Å². The minimum atomic E-state index is -0.431. The van der Waals surface area contributed by atoms with Crippen LogP contribution in [0.15, 0.2) is 22.8 Å². The van der Waals surface area contributed by atoms with Crippen LogP contribution in [0, 0.1) is 5.92 Å². The maximum atomic E-state index is 11.8. The molecule has 0 spiro atoms. The van der Waals surface area contributed by atoms with Crippen molar-refractivity contribution < 1.29 is 9.21 Å². The summed E-state index contributed by atoms with van der Waals surface area (Å²) >= 11 is 0. The van der Waals surface area contributed by atoms with Crippen LogP contribution in [0.5, 0.6) is 0 Å². The number of furan rings is 1. The summed E-state index contributed by atoms with van der Waals surface area (Å²) in [7, 11) is 0. The summed E-state index contributed by atoms with van der Waals surface area (Å²) < 4.78 is 5.23. The van der Waals surface area contributed by atoms with Crippen LogP contribution in [-0.4, -0.2) is 18.0 Å². The molecule has 0 aliphatic carbocycles. The standard InChI is InChI=1S/C13H22N2O2/c1-4-9(2)12(14)13(16)15-10(3)8-11-6-5-7-17-11/h5-7,9-10,12H,4,8,14H2,1-3H3,(H,15,16)/t9-,10?,12-/m1/s1. The highest BCUT2D eigenvalue weighted by molar-refractivity contribution is 5.82. The van der Waals surface area contributed by atoms with E-state index in [0.717, 1.165) is 12.2 Å². The average Bonchev–Trinajstić information content (AvgIpc) is 2.79. The summed E-state index contributed by atoms with van der Waals surface area (Å²) in [6.07, 6.45) is 3.22. The van der Waals surface area contributed by atoms with Gasteiger partial charge in [-0.1, -0.05) is 20.3 Å². The molecule has 3 atom stereocenters. The van der Waals surface area contributed by atoms with Gasteiger partial charge in [0, 0.05) is 12.5 Å². The molecular formula is C13H22N2O2. The van der Waals surface area contributed by atoms with Gasteiger partial charge in [0.1, 0.15) is 5.76 Å². The number of nitrogens with two attached hydrogens (primary N) is 1. The summed E-state index contributed by atoms with van der Waals surface area (Å²) in [4.78, 5) is 11.8. The van der Waals surface area contributed by atoms with Crippen LogP contribution in [0.1, 0.15) is 33.0 Å². The third-order valence-electron chi connectivity index (χ3n) is 3.04. The van der Waals surface area contributed by atoms with Gasteiger partial charge in [0.15, 0.2) is 0 Å². The minimum absolute atomic E-state index is 0.0313. The van der Waals surface area contributed by atoms with Crippen LogP contribution >= 0.6 is 0 Å². The summed E-state index contributed by atoms with van der Waals surface area (Å²) in [6, 6.07) is 3.34. The predicted molar refractivity (Wildman–Crippen MR) is 67.4 cm³/mol. The van der Waals surface area contributed by atoms with Crippen LogP contribution < -0.4 is 11.1 Å². The predicted octanol–water partition coefficient (Wildman–Crippen LogP) is 1.70. The Balaban J connectivity index is 2.40. The van der Waals surface area contributed by atoms with Gasteiger partial charge in [-0.2, -0.15) is 0 Å². The molecule has 3 N–H and O–H groups in total. The van der Waals surface area contributed by atoms with Crippen molar-refractivity contribution in [2.24, 2.45) is 11.7 Å². The number of hydrogen-bond acceptors (Lipinski definition) is 3. The molecule has 0 saturated heterocycles. The van der Waals surface area contributed by atoms with E-state index in [1.165, 1.54) is 0 Å². The molecule has 4 heteroatoms. The monoisotopic (exact) mass is 238 g/mol. The molecule has 1 rings (SSSR count). The lowest BCUT2D eigenvalue weighted by atomic mass is 9.99. The van der Waals surface area contributed by atoms with Gasteiger partial charge in [0.25, 0.3) is 0 Å². The second-order valence-corrected chi connectivity index (χ2v) is 4.60. The van der Waals surface area contributed by atoms with E-state index in [2.05, 4.69) is 5.32 Å². The Kier molecular flexibility index (Phi) is 5.22. The average molecular weight is 238 g/mol. The fraction of sp³-hybridized carbons (Fsp3) is 0.615. The maximum Gasteiger partial charge on any atom is 0.237 e. The number of carbonyl (C=O) groups is 1. The lowest BCUT2D eigenvalue weighted by Gasteiger charge is -2.20. The number of nitrogens with one attached hydrogen (secondary N) is 1. The fourth-order valence-electron chi connectivity index (χ4n) is 1.63. The Bertz CT molecular complexity index is 335. The van der Waals surface area contributed by atoms with E-state index in [1.807, 2.05) is 32.9 Å². The number of carbonyl (C=O) groups excluding carboxylic acids is 1. The number of hydrogen-bond donors (Lipinski definition) is 2. The van der Waals surface area contributed by atoms with Gasteiger partial charge in [0.2, 0.25) is 5.91 Å². The molecule has 96 valence electrons. The van der Waals surface area contributed by atoms with E-state index < -0.39 is 6.04 Å². The van der Waals surface area contributed by atoms with Crippen molar-refractivity contribution in [1.82, 2.24) is 5.32 Å². The zero-order chi connectivity index (χ0) is 12.8. The second kappa shape index (κ2) is 6.45. The topological polar surface area (TPSA) is 68.3 Å². The summed E-state index contributed by atoms with van der Waals surface area (Å²) in [5, 5.41) is 2.91. The quantitative estimate of drug-likeness (QED) is 0.792. The van der Waals surface area contributed by atoms with E-state index in [0.29, 0.717) is 6.42 Å². The van der Waals surface area contributed by atoms with Crippen LogP contribution in [0.3, 0.4) is 0 Å². The molecule has 0 radical (unpaired) electrons. The van der Waals surface area contributed by atoms with Gasteiger partial charge in [-0.05, 0) is 25.0 Å². The Hall–Kier alpha value is -1.29. The van der Waals surface area contributed by atoms with Crippen molar-refractivity contribution in [2.75, 3.05) is 0 Å². The van der Waals surface area contributed by atoms with E-state index in [1.54, 1.807) is 6.26 Å². The molecule has 0 aromatic carbocycles. The zero-order valence-corrected chi connectivity index (χ0v) is 10.8. The molecule has 1 amide bonds. The molecule has 17 heavy (non-hydrogen) atoms. The Morgan fingerprint density at radius 3 is 2.76 bits per heavy atom. The first-order chi connectivity index (χ1) is 8.04. The highest BCUT2D eigenvalue weighted by Gasteiger charge is 2.20. The highest BCUT2D eigenvalue weighted by Crippen LogP contribution is 2.07. The zero-order valence-electron chi connectivity index (χ0n) is 10.8. The molecule has 0 bridgehead atoms. The van der Waals surface area contributed by atoms with Gasteiger partial charge in [-0.25, -0.2) is 0 Å². The van der Waals surface area contributed by atoms with E-state index in [-0.39, 0.29) is 17.9 Å². The van der Waals surface area contributed by atoms with Gasteiger partial charge in [0.05, 0.1) is 12.3 Å². The molecule has 1 heterocycles. The summed E-state index contributed by atoms with van der Waals surface area (Å²) in [6.45, 7) is 5.97. The molecule has 4 nitrogen and oxygen atoms in total. The van der Waals surface area contributed by atoms with Gasteiger partial charge in [-0.15, -0.1) is 0 Å². The third kappa shape index (κ3) is 4.23. The first-order valence-electron chi connectivity index (χ1n) is 6.13. The molecule has 1 aromatic rings. The van der Waals surface area contributed by atoms with Crippen LogP contribution in [0.4, 0.5) is 0 Å². The van der Waals surface area contributed by atoms with E-state index in [9.17, 15) is 4.79 Å². The SMILES string of the molecule is CC[C@@H](C)[C@@H](N)C(=O)NC(C)Cc1ccco1. The third-order valence-corrected chi connectivity index (χ3v) is 3.04. The molecule has 0 aliphatic heterocycles. The Morgan fingerprint density at radius 1 is 1.53 bits per heavy atom. The Labute approximate surface area is 103 Å². The smallest absolute Gasteiger partial charge is 0.237 e. The van der Waals surface area contributed by atoms with Crippen molar-refractivity contribution in [2.45, 2.75) is 45.7 Å². The largest absolute Gasteiger partial charge is 0.469 e. The van der Waals surface area contributed by atoms with Gasteiger partial charge >= 0.3 is 0 Å². The number of amides is 1. The molecule has 0 fully saturated rings. The van der Waals surface area contributed by atoms with Crippen molar-refractivity contribution in [3.8, 4) is 0 Å². The lowest BCUT2D eigenvalue weighted by molar-refractivity contribution is -0.124. The molecule has 1 unspecified atom stereocenters. The van der Waals surface area contributed by atoms with Crippen molar-refractivity contribution in [1.29, 1.82) is 0 Å². The van der Waals surface area contributed by atoms with Crippen molar-refractivity contribution in [3.63, 3.8) is 0 Å². The second-order valence-electron chi connectivity index (χ2n) is 4.60. The molecular weight excluding hydrogens is 216 g/mol. The highest BCUT2D eigenvalue weighted by atomic mass is 16.3. The van der Waals surface area contributed by atoms with Crippen LogP contribution in [-0.2, 0) is 11.2 Å².